The van der Waals surface area contributed by atoms with E-state index in [0.717, 1.165) is 28.0 Å². The number of aromatic nitrogens is 2. The van der Waals surface area contributed by atoms with Crippen molar-refractivity contribution >= 4 is 5.91 Å². The molecular weight excluding hydrogens is 354 g/mol. The molecule has 0 bridgehead atoms. The van der Waals surface area contributed by atoms with E-state index >= 15 is 0 Å². The van der Waals surface area contributed by atoms with Crippen LogP contribution < -0.4 is 4.74 Å². The second-order valence-corrected chi connectivity index (χ2v) is 7.30. The van der Waals surface area contributed by atoms with Crippen molar-refractivity contribution in [2.45, 2.75) is 32.7 Å². The minimum absolute atomic E-state index is 0.0721. The van der Waals surface area contributed by atoms with Gasteiger partial charge in [-0.1, -0.05) is 35.0 Å². The average Bonchev–Trinajstić information content (AvgIpc) is 3.32. The van der Waals surface area contributed by atoms with Crippen molar-refractivity contribution < 1.29 is 14.1 Å². The molecule has 0 aliphatic carbocycles. The summed E-state index contributed by atoms with van der Waals surface area (Å²) in [6.45, 7) is 5.22. The van der Waals surface area contributed by atoms with Gasteiger partial charge in [0.15, 0.2) is 0 Å². The Morgan fingerprint density at radius 3 is 2.71 bits per heavy atom. The number of carbonyl (C=O) groups excluding carboxylic acids is 1. The molecular formula is C22H23N3O3. The molecule has 0 N–H and O–H groups in total. The zero-order valence-corrected chi connectivity index (χ0v) is 16.3. The van der Waals surface area contributed by atoms with E-state index in [0.29, 0.717) is 31.2 Å². The summed E-state index contributed by atoms with van der Waals surface area (Å²) in [5.74, 6) is 1.95. The normalized spacial score (nSPS) is 16.6. The van der Waals surface area contributed by atoms with Crippen molar-refractivity contribution in [3.05, 3.63) is 65.0 Å². The minimum Gasteiger partial charge on any atom is -0.497 e. The van der Waals surface area contributed by atoms with Crippen LogP contribution in [0.25, 0.3) is 11.4 Å². The SMILES string of the molecule is COc1ccc(CN2CC(c3nc(-c4cc(C)ccc4C)no3)CC2=O)cc1. The highest BCUT2D eigenvalue weighted by molar-refractivity contribution is 5.79. The molecule has 1 saturated heterocycles. The number of aryl methyl sites for hydroxylation is 2. The van der Waals surface area contributed by atoms with Gasteiger partial charge in [0.2, 0.25) is 17.6 Å². The van der Waals surface area contributed by atoms with Gasteiger partial charge in [-0.2, -0.15) is 4.98 Å². The summed E-state index contributed by atoms with van der Waals surface area (Å²) in [7, 11) is 1.64. The van der Waals surface area contributed by atoms with Crippen molar-refractivity contribution in [1.82, 2.24) is 15.0 Å². The molecule has 1 fully saturated rings. The Labute approximate surface area is 164 Å². The predicted octanol–water partition coefficient (Wildman–Crippen LogP) is 3.88. The summed E-state index contributed by atoms with van der Waals surface area (Å²) in [6, 6.07) is 13.9. The first-order chi connectivity index (χ1) is 13.5. The van der Waals surface area contributed by atoms with E-state index in [9.17, 15) is 4.79 Å². The maximum Gasteiger partial charge on any atom is 0.232 e. The number of nitrogens with zero attached hydrogens (tertiary/aromatic N) is 3. The van der Waals surface area contributed by atoms with Gasteiger partial charge in [-0.15, -0.1) is 0 Å². The summed E-state index contributed by atoms with van der Waals surface area (Å²) >= 11 is 0. The second-order valence-electron chi connectivity index (χ2n) is 7.30. The Bertz CT molecular complexity index is 995. The Morgan fingerprint density at radius 2 is 1.96 bits per heavy atom. The van der Waals surface area contributed by atoms with Gasteiger partial charge in [-0.3, -0.25) is 4.79 Å². The van der Waals surface area contributed by atoms with Gasteiger partial charge in [0.05, 0.1) is 13.0 Å². The molecule has 2 aromatic carbocycles. The summed E-state index contributed by atoms with van der Waals surface area (Å²) in [6.07, 6.45) is 0.393. The monoisotopic (exact) mass is 377 g/mol. The largest absolute Gasteiger partial charge is 0.497 e. The van der Waals surface area contributed by atoms with Gasteiger partial charge in [0, 0.05) is 25.1 Å². The molecule has 28 heavy (non-hydrogen) atoms. The topological polar surface area (TPSA) is 68.5 Å². The predicted molar refractivity (Wildman–Crippen MR) is 105 cm³/mol. The molecule has 0 saturated carbocycles. The van der Waals surface area contributed by atoms with E-state index < -0.39 is 0 Å². The molecule has 2 heterocycles. The molecule has 1 aliphatic heterocycles. The zero-order valence-electron chi connectivity index (χ0n) is 16.3. The summed E-state index contributed by atoms with van der Waals surface area (Å²) < 4.78 is 10.7. The number of carbonyl (C=O) groups is 1. The standard InChI is InChI=1S/C22H23N3O3/c1-14-4-5-15(2)19(10-14)21-23-22(28-24-21)17-11-20(26)25(13-17)12-16-6-8-18(27-3)9-7-16/h4-10,17H,11-13H2,1-3H3. The molecule has 1 aromatic heterocycles. The number of rotatable bonds is 5. The van der Waals surface area contributed by atoms with Gasteiger partial charge in [0.25, 0.3) is 0 Å². The Hall–Kier alpha value is -3.15. The van der Waals surface area contributed by atoms with E-state index in [4.69, 9.17) is 9.26 Å². The number of ether oxygens (including phenoxy) is 1. The van der Waals surface area contributed by atoms with E-state index in [-0.39, 0.29) is 11.8 Å². The molecule has 1 unspecified atom stereocenters. The van der Waals surface area contributed by atoms with Crippen LogP contribution >= 0.6 is 0 Å². The lowest BCUT2D eigenvalue weighted by Gasteiger charge is -2.16. The maximum atomic E-state index is 12.5. The lowest BCUT2D eigenvalue weighted by molar-refractivity contribution is -0.128. The van der Waals surface area contributed by atoms with Crippen LogP contribution in [-0.2, 0) is 11.3 Å². The summed E-state index contributed by atoms with van der Waals surface area (Å²) in [4.78, 5) is 18.9. The molecule has 6 nitrogen and oxygen atoms in total. The molecule has 1 atom stereocenters. The fraction of sp³-hybridized carbons (Fsp3) is 0.318. The maximum absolute atomic E-state index is 12.5. The summed E-state index contributed by atoms with van der Waals surface area (Å²) in [5.41, 5.74) is 4.28. The number of likely N-dealkylation sites (tertiary alicyclic amines) is 1. The number of amides is 1. The van der Waals surface area contributed by atoms with Gasteiger partial charge < -0.3 is 14.2 Å². The van der Waals surface area contributed by atoms with Gasteiger partial charge in [0.1, 0.15) is 5.75 Å². The number of benzene rings is 2. The first-order valence-corrected chi connectivity index (χ1v) is 9.35. The van der Waals surface area contributed by atoms with Gasteiger partial charge in [-0.25, -0.2) is 0 Å². The molecule has 0 radical (unpaired) electrons. The van der Waals surface area contributed by atoms with Crippen molar-refractivity contribution in [3.8, 4) is 17.1 Å². The fourth-order valence-corrected chi connectivity index (χ4v) is 3.53. The number of methoxy groups -OCH3 is 1. The molecule has 0 spiro atoms. The van der Waals surface area contributed by atoms with E-state index in [1.807, 2.05) is 43.0 Å². The third kappa shape index (κ3) is 3.63. The van der Waals surface area contributed by atoms with Gasteiger partial charge in [-0.05, 0) is 43.2 Å². The molecule has 3 aromatic rings. The number of hydrogen-bond acceptors (Lipinski definition) is 5. The van der Waals surface area contributed by atoms with Crippen molar-refractivity contribution in [1.29, 1.82) is 0 Å². The van der Waals surface area contributed by atoms with Crippen LogP contribution in [0.5, 0.6) is 5.75 Å². The molecule has 6 heteroatoms. The Kier molecular flexibility index (Phi) is 4.86. The Morgan fingerprint density at radius 1 is 1.18 bits per heavy atom. The lowest BCUT2D eigenvalue weighted by Crippen LogP contribution is -2.24. The van der Waals surface area contributed by atoms with Crippen molar-refractivity contribution in [2.75, 3.05) is 13.7 Å². The summed E-state index contributed by atoms with van der Waals surface area (Å²) in [5, 5.41) is 4.16. The second kappa shape index (κ2) is 7.46. The van der Waals surface area contributed by atoms with Crippen LogP contribution in [0.4, 0.5) is 0 Å². The zero-order chi connectivity index (χ0) is 19.7. The molecule has 4 rings (SSSR count). The molecule has 1 amide bonds. The third-order valence-corrected chi connectivity index (χ3v) is 5.17. The van der Waals surface area contributed by atoms with Crippen LogP contribution in [0.3, 0.4) is 0 Å². The first-order valence-electron chi connectivity index (χ1n) is 9.35. The van der Waals surface area contributed by atoms with Gasteiger partial charge >= 0.3 is 0 Å². The minimum atomic E-state index is -0.0721. The molecule has 1 aliphatic rings. The van der Waals surface area contributed by atoms with Crippen LogP contribution in [0.15, 0.2) is 47.0 Å². The van der Waals surface area contributed by atoms with Crippen molar-refractivity contribution in [3.63, 3.8) is 0 Å². The highest BCUT2D eigenvalue weighted by Gasteiger charge is 2.34. The van der Waals surface area contributed by atoms with Crippen molar-refractivity contribution in [2.24, 2.45) is 0 Å². The Balaban J connectivity index is 1.48. The highest BCUT2D eigenvalue weighted by atomic mass is 16.5. The van der Waals surface area contributed by atoms with E-state index in [2.05, 4.69) is 28.3 Å². The first kappa shape index (κ1) is 18.2. The van der Waals surface area contributed by atoms with E-state index in [1.165, 1.54) is 0 Å². The highest BCUT2D eigenvalue weighted by Crippen LogP contribution is 2.30. The smallest absolute Gasteiger partial charge is 0.232 e. The van der Waals surface area contributed by atoms with E-state index in [1.54, 1.807) is 7.11 Å². The fourth-order valence-electron chi connectivity index (χ4n) is 3.53. The molecule has 144 valence electrons. The average molecular weight is 377 g/mol. The van der Waals surface area contributed by atoms with Crippen LogP contribution in [-0.4, -0.2) is 34.6 Å². The number of hydrogen-bond donors (Lipinski definition) is 0. The third-order valence-electron chi connectivity index (χ3n) is 5.17. The van der Waals surface area contributed by atoms with Crippen LogP contribution in [0.1, 0.15) is 34.9 Å². The van der Waals surface area contributed by atoms with Crippen LogP contribution in [0, 0.1) is 13.8 Å². The van der Waals surface area contributed by atoms with Crippen LogP contribution in [0.2, 0.25) is 0 Å². The lowest BCUT2D eigenvalue weighted by atomic mass is 10.1. The quantitative estimate of drug-likeness (QED) is 0.675.